The molecule has 1 aliphatic rings. The average Bonchev–Trinajstić information content (AvgIpc) is 3.14. The SMILES string of the molecule is CN(C)C(=O)C1CCN(C(=O)c2occc2COc2ccccc2)CC1. The maximum absolute atomic E-state index is 12.8. The molecule has 0 saturated carbocycles. The van der Waals surface area contributed by atoms with E-state index in [1.54, 1.807) is 30.0 Å². The van der Waals surface area contributed by atoms with Gasteiger partial charge < -0.3 is 19.0 Å². The predicted octanol–water partition coefficient (Wildman–Crippen LogP) is 2.80. The number of para-hydroxylation sites is 1. The van der Waals surface area contributed by atoms with Crippen molar-refractivity contribution in [2.45, 2.75) is 19.4 Å². The van der Waals surface area contributed by atoms with Gasteiger partial charge in [0.1, 0.15) is 12.4 Å². The van der Waals surface area contributed by atoms with E-state index >= 15 is 0 Å². The summed E-state index contributed by atoms with van der Waals surface area (Å²) in [6, 6.07) is 11.2. The number of piperidine rings is 1. The Morgan fingerprint density at radius 2 is 1.85 bits per heavy atom. The standard InChI is InChI=1S/C20H24N2O4/c1-21(2)19(23)15-8-11-22(12-9-15)20(24)18-16(10-13-25-18)14-26-17-6-4-3-5-7-17/h3-7,10,13,15H,8-9,11-12,14H2,1-2H3. The van der Waals surface area contributed by atoms with Gasteiger partial charge >= 0.3 is 0 Å². The van der Waals surface area contributed by atoms with Gasteiger partial charge in [0.25, 0.3) is 5.91 Å². The first-order valence-electron chi connectivity index (χ1n) is 8.81. The fraction of sp³-hybridized carbons (Fsp3) is 0.400. The number of amides is 2. The number of ether oxygens (including phenoxy) is 1. The zero-order chi connectivity index (χ0) is 18.5. The van der Waals surface area contributed by atoms with Crippen molar-refractivity contribution in [1.29, 1.82) is 0 Å². The average molecular weight is 356 g/mol. The van der Waals surface area contributed by atoms with E-state index < -0.39 is 0 Å². The van der Waals surface area contributed by atoms with Crippen LogP contribution < -0.4 is 4.74 Å². The molecular weight excluding hydrogens is 332 g/mol. The van der Waals surface area contributed by atoms with Crippen molar-refractivity contribution in [3.05, 3.63) is 54.0 Å². The van der Waals surface area contributed by atoms with Gasteiger partial charge in [-0.3, -0.25) is 9.59 Å². The molecule has 6 nitrogen and oxygen atoms in total. The highest BCUT2D eigenvalue weighted by atomic mass is 16.5. The Labute approximate surface area is 153 Å². The van der Waals surface area contributed by atoms with E-state index in [0.717, 1.165) is 11.3 Å². The van der Waals surface area contributed by atoms with Crippen LogP contribution in [0.25, 0.3) is 0 Å². The number of furan rings is 1. The molecule has 6 heteroatoms. The minimum Gasteiger partial charge on any atom is -0.489 e. The molecule has 1 saturated heterocycles. The molecule has 0 aliphatic carbocycles. The monoisotopic (exact) mass is 356 g/mol. The summed E-state index contributed by atoms with van der Waals surface area (Å²) in [5.41, 5.74) is 0.727. The lowest BCUT2D eigenvalue weighted by atomic mass is 9.95. The Hall–Kier alpha value is -2.76. The zero-order valence-electron chi connectivity index (χ0n) is 15.2. The summed E-state index contributed by atoms with van der Waals surface area (Å²) in [6.07, 6.45) is 2.87. The first kappa shape index (κ1) is 18.0. The molecule has 0 N–H and O–H groups in total. The van der Waals surface area contributed by atoms with Crippen molar-refractivity contribution >= 4 is 11.8 Å². The van der Waals surface area contributed by atoms with E-state index in [9.17, 15) is 9.59 Å². The predicted molar refractivity (Wildman–Crippen MR) is 96.8 cm³/mol. The molecule has 2 heterocycles. The van der Waals surface area contributed by atoms with Crippen LogP contribution in [0.1, 0.15) is 29.0 Å². The van der Waals surface area contributed by atoms with Gasteiger partial charge in [0.05, 0.1) is 6.26 Å². The van der Waals surface area contributed by atoms with Crippen LogP contribution in [-0.2, 0) is 11.4 Å². The van der Waals surface area contributed by atoms with Crippen LogP contribution in [0.4, 0.5) is 0 Å². The number of hydrogen-bond acceptors (Lipinski definition) is 4. The summed E-state index contributed by atoms with van der Waals surface area (Å²) in [6.45, 7) is 1.39. The number of rotatable bonds is 5. The van der Waals surface area contributed by atoms with Crippen molar-refractivity contribution in [3.8, 4) is 5.75 Å². The number of nitrogens with zero attached hydrogens (tertiary/aromatic N) is 2. The third-order valence-corrected chi connectivity index (χ3v) is 4.65. The highest BCUT2D eigenvalue weighted by Crippen LogP contribution is 2.23. The zero-order valence-corrected chi connectivity index (χ0v) is 15.2. The van der Waals surface area contributed by atoms with Crippen molar-refractivity contribution < 1.29 is 18.7 Å². The van der Waals surface area contributed by atoms with E-state index in [1.165, 1.54) is 6.26 Å². The molecular formula is C20H24N2O4. The van der Waals surface area contributed by atoms with E-state index in [-0.39, 0.29) is 24.3 Å². The van der Waals surface area contributed by atoms with Crippen molar-refractivity contribution in [3.63, 3.8) is 0 Å². The quantitative estimate of drug-likeness (QED) is 0.826. The molecule has 3 rings (SSSR count). The summed E-state index contributed by atoms with van der Waals surface area (Å²) < 4.78 is 11.2. The van der Waals surface area contributed by atoms with E-state index in [1.807, 2.05) is 30.3 Å². The van der Waals surface area contributed by atoms with Crippen LogP contribution in [0.15, 0.2) is 47.1 Å². The normalized spacial score (nSPS) is 14.9. The molecule has 138 valence electrons. The van der Waals surface area contributed by atoms with Gasteiger partial charge in [-0.2, -0.15) is 0 Å². The Morgan fingerprint density at radius 1 is 1.15 bits per heavy atom. The van der Waals surface area contributed by atoms with Crippen molar-refractivity contribution in [1.82, 2.24) is 9.80 Å². The minimum absolute atomic E-state index is 0.00784. The molecule has 0 atom stereocenters. The molecule has 0 unspecified atom stereocenters. The smallest absolute Gasteiger partial charge is 0.289 e. The lowest BCUT2D eigenvalue weighted by Crippen LogP contribution is -2.42. The van der Waals surface area contributed by atoms with Crippen LogP contribution in [0.5, 0.6) is 5.75 Å². The van der Waals surface area contributed by atoms with Gasteiger partial charge in [0.2, 0.25) is 5.91 Å². The molecule has 1 aliphatic heterocycles. The molecule has 0 radical (unpaired) electrons. The summed E-state index contributed by atoms with van der Waals surface area (Å²) in [5.74, 6) is 1.05. The van der Waals surface area contributed by atoms with Gasteiger partial charge in [-0.15, -0.1) is 0 Å². The Bertz CT molecular complexity index is 746. The molecule has 1 fully saturated rings. The van der Waals surface area contributed by atoms with Gasteiger partial charge in [-0.05, 0) is 31.0 Å². The van der Waals surface area contributed by atoms with Gasteiger partial charge in [-0.1, -0.05) is 18.2 Å². The number of hydrogen-bond donors (Lipinski definition) is 0. The van der Waals surface area contributed by atoms with Gasteiger partial charge in [0, 0.05) is 38.7 Å². The summed E-state index contributed by atoms with van der Waals surface area (Å²) in [7, 11) is 3.53. The van der Waals surface area contributed by atoms with Crippen LogP contribution in [-0.4, -0.2) is 48.8 Å². The van der Waals surface area contributed by atoms with Crippen molar-refractivity contribution in [2.75, 3.05) is 27.2 Å². The molecule has 2 amide bonds. The molecule has 26 heavy (non-hydrogen) atoms. The molecule has 1 aromatic heterocycles. The van der Waals surface area contributed by atoms with E-state index in [4.69, 9.17) is 9.15 Å². The van der Waals surface area contributed by atoms with E-state index in [0.29, 0.717) is 31.7 Å². The fourth-order valence-electron chi connectivity index (χ4n) is 3.15. The van der Waals surface area contributed by atoms with Crippen LogP contribution in [0, 0.1) is 5.92 Å². The summed E-state index contributed by atoms with van der Waals surface area (Å²) in [5, 5.41) is 0. The lowest BCUT2D eigenvalue weighted by Gasteiger charge is -2.32. The Kier molecular flexibility index (Phi) is 5.61. The third kappa shape index (κ3) is 4.07. The fourth-order valence-corrected chi connectivity index (χ4v) is 3.15. The second-order valence-electron chi connectivity index (χ2n) is 6.68. The maximum atomic E-state index is 12.8. The molecule has 1 aromatic carbocycles. The van der Waals surface area contributed by atoms with Gasteiger partial charge in [-0.25, -0.2) is 0 Å². The first-order chi connectivity index (χ1) is 12.6. The minimum atomic E-state index is -0.141. The molecule has 0 bridgehead atoms. The number of carbonyl (C=O) groups excluding carboxylic acids is 2. The Morgan fingerprint density at radius 3 is 2.50 bits per heavy atom. The van der Waals surface area contributed by atoms with E-state index in [2.05, 4.69) is 0 Å². The highest BCUT2D eigenvalue weighted by Gasteiger charge is 2.30. The topological polar surface area (TPSA) is 63.0 Å². The number of carbonyl (C=O) groups is 2. The lowest BCUT2D eigenvalue weighted by molar-refractivity contribution is -0.134. The maximum Gasteiger partial charge on any atom is 0.289 e. The largest absolute Gasteiger partial charge is 0.489 e. The second-order valence-corrected chi connectivity index (χ2v) is 6.68. The van der Waals surface area contributed by atoms with Crippen molar-refractivity contribution in [2.24, 2.45) is 5.92 Å². The van der Waals surface area contributed by atoms with Crippen LogP contribution >= 0.6 is 0 Å². The third-order valence-electron chi connectivity index (χ3n) is 4.65. The second kappa shape index (κ2) is 8.08. The number of likely N-dealkylation sites (tertiary alicyclic amines) is 1. The first-order valence-corrected chi connectivity index (χ1v) is 8.81. The molecule has 2 aromatic rings. The number of benzene rings is 1. The van der Waals surface area contributed by atoms with Crippen LogP contribution in [0.3, 0.4) is 0 Å². The highest BCUT2D eigenvalue weighted by molar-refractivity contribution is 5.93. The van der Waals surface area contributed by atoms with Gasteiger partial charge in [0.15, 0.2) is 5.76 Å². The summed E-state index contributed by atoms with van der Waals surface area (Å²) >= 11 is 0. The summed E-state index contributed by atoms with van der Waals surface area (Å²) in [4.78, 5) is 28.2. The Balaban J connectivity index is 1.59. The van der Waals surface area contributed by atoms with Crippen LogP contribution in [0.2, 0.25) is 0 Å². The molecule has 0 spiro atoms.